The zero-order valence-corrected chi connectivity index (χ0v) is 22.8. The maximum Gasteiger partial charge on any atom is 1.00 e. The normalized spacial score (nSPS) is 13.5. The largest absolute Gasteiger partial charge is 1.00 e. The molecule has 4 nitrogen and oxygen atoms in total. The Hall–Kier alpha value is 2.54. The van der Waals surface area contributed by atoms with Crippen LogP contribution in [0.2, 0.25) is 0 Å². The van der Waals surface area contributed by atoms with Crippen LogP contribution in [0.1, 0.15) is 79.1 Å². The van der Waals surface area contributed by atoms with Crippen molar-refractivity contribution in [3.8, 4) is 0 Å². The molecule has 0 N–H and O–H groups in total. The molecule has 24 heavy (non-hydrogen) atoms. The molecule has 0 unspecified atom stereocenters. The van der Waals surface area contributed by atoms with Gasteiger partial charge in [0.15, 0.2) is 0 Å². The number of phosphoric acid groups is 1. The maximum atomic E-state index is 11.6. The van der Waals surface area contributed by atoms with Crippen LogP contribution in [0.5, 0.6) is 0 Å². The van der Waals surface area contributed by atoms with Crippen molar-refractivity contribution < 1.29 is 77.8 Å². The van der Waals surface area contributed by atoms with Crippen molar-refractivity contribution in [3.05, 3.63) is 0 Å². The molecule has 0 radical (unpaired) electrons. The van der Waals surface area contributed by atoms with Crippen molar-refractivity contribution in [1.29, 1.82) is 0 Å². The van der Waals surface area contributed by atoms with E-state index in [1.807, 2.05) is 0 Å². The first-order valence-corrected chi connectivity index (χ1v) is 13.4. The van der Waals surface area contributed by atoms with Gasteiger partial charge in [0.05, 0.1) is 0 Å². The molecule has 0 bridgehead atoms. The van der Waals surface area contributed by atoms with E-state index < -0.39 is 14.7 Å². The third-order valence-corrected chi connectivity index (χ3v) is 13.1. The summed E-state index contributed by atoms with van der Waals surface area (Å²) in [6.45, 7) is 5.49. The van der Waals surface area contributed by atoms with Gasteiger partial charge in [-0.1, -0.05) is 0 Å². The standard InChI is InChI=1S/C16H38O4P2.2Na/c1-5-9-13-22(14-10-6-2,15-11-7-3,16-12-8-4)20-21(17,18)19;;/h5-16H2,1-4H3,(H2,17,18,19);;/q;2*+1/p-2. The Balaban J connectivity index is -0.00000220. The zero-order chi connectivity index (χ0) is 17.1. The second-order valence-corrected chi connectivity index (χ2v) is 13.7. The molecular weight excluding hydrogens is 364 g/mol. The minimum absolute atomic E-state index is 0. The van der Waals surface area contributed by atoms with Gasteiger partial charge in [0.2, 0.25) is 0 Å². The van der Waals surface area contributed by atoms with Gasteiger partial charge in [0.1, 0.15) is 0 Å². The molecule has 0 amide bonds. The molecular formula is C16H36Na2O4P2. The average molecular weight is 400 g/mol. The Bertz CT molecular complexity index is 307. The van der Waals surface area contributed by atoms with Gasteiger partial charge in [0, 0.05) is 0 Å². The number of hydrogen-bond donors (Lipinski definition) is 0. The summed E-state index contributed by atoms with van der Waals surface area (Å²) in [7, 11) is -4.96. The zero-order valence-electron chi connectivity index (χ0n) is 17.0. The van der Waals surface area contributed by atoms with E-state index >= 15 is 0 Å². The van der Waals surface area contributed by atoms with Crippen LogP contribution in [-0.2, 0) is 8.88 Å². The number of hydrogen-bond acceptors (Lipinski definition) is 4. The maximum absolute atomic E-state index is 11.6. The summed E-state index contributed by atoms with van der Waals surface area (Å²) in [5.74, 6) is 0. The summed E-state index contributed by atoms with van der Waals surface area (Å²) in [5, 5.41) is 0. The van der Waals surface area contributed by atoms with Crippen molar-refractivity contribution in [3.63, 3.8) is 0 Å². The molecule has 0 saturated carbocycles. The summed E-state index contributed by atoms with van der Waals surface area (Å²) in [5.41, 5.74) is 0. The van der Waals surface area contributed by atoms with Crippen molar-refractivity contribution in [2.75, 3.05) is 24.6 Å². The minimum atomic E-state index is -4.96. The Morgan fingerprint density at radius 3 is 1.12 bits per heavy atom. The van der Waals surface area contributed by atoms with Crippen LogP contribution < -0.4 is 68.9 Å². The Morgan fingerprint density at radius 2 is 0.958 bits per heavy atom. The SMILES string of the molecule is CCCCP(CCCC)(CCCC)(CCCC)OP(=O)([O-])[O-].[Na+].[Na+]. The minimum Gasteiger partial charge on any atom is 1.00 e. The summed E-state index contributed by atoms with van der Waals surface area (Å²) in [6.07, 6.45) is 11.1. The van der Waals surface area contributed by atoms with Crippen LogP contribution in [-0.4, -0.2) is 24.6 Å². The smallest absolute Gasteiger partial charge is 1.00 e. The first-order chi connectivity index (χ1) is 10.3. The molecule has 0 spiro atoms. The first kappa shape index (κ1) is 31.2. The molecule has 0 saturated heterocycles. The van der Waals surface area contributed by atoms with E-state index in [1.54, 1.807) is 0 Å². The summed E-state index contributed by atoms with van der Waals surface area (Å²) >= 11 is 0. The predicted octanol–water partition coefficient (Wildman–Crippen LogP) is -1.49. The predicted molar refractivity (Wildman–Crippen MR) is 94.7 cm³/mol. The molecule has 0 aliphatic rings. The van der Waals surface area contributed by atoms with E-state index in [0.717, 1.165) is 76.0 Å². The fourth-order valence-electron chi connectivity index (χ4n) is 3.35. The van der Waals surface area contributed by atoms with Gasteiger partial charge in [-0.3, -0.25) is 0 Å². The molecule has 0 fully saturated rings. The van der Waals surface area contributed by atoms with Crippen molar-refractivity contribution >= 4 is 14.7 Å². The molecule has 0 heterocycles. The van der Waals surface area contributed by atoms with Gasteiger partial charge in [-0.2, -0.15) is 0 Å². The van der Waals surface area contributed by atoms with Crippen LogP contribution in [0.3, 0.4) is 0 Å². The van der Waals surface area contributed by atoms with Crippen LogP contribution in [0.4, 0.5) is 0 Å². The van der Waals surface area contributed by atoms with E-state index in [-0.39, 0.29) is 59.1 Å². The summed E-state index contributed by atoms with van der Waals surface area (Å²) in [6, 6.07) is 0. The van der Waals surface area contributed by atoms with Crippen molar-refractivity contribution in [2.45, 2.75) is 79.1 Å². The molecule has 8 heteroatoms. The second-order valence-electron chi connectivity index (χ2n) is 6.70. The van der Waals surface area contributed by atoms with Gasteiger partial charge >= 0.3 is 196 Å². The number of rotatable bonds is 14. The van der Waals surface area contributed by atoms with E-state index in [4.69, 9.17) is 4.31 Å². The Kier molecular flexibility index (Phi) is 20.1. The van der Waals surface area contributed by atoms with Gasteiger partial charge in [0.25, 0.3) is 0 Å². The molecule has 0 aliphatic carbocycles. The summed E-state index contributed by atoms with van der Waals surface area (Å²) in [4.78, 5) is 23.2. The second kappa shape index (κ2) is 15.5. The van der Waals surface area contributed by atoms with Gasteiger partial charge in [-0.05, 0) is 0 Å². The monoisotopic (exact) mass is 400 g/mol. The molecule has 0 rings (SSSR count). The molecule has 0 aromatic heterocycles. The molecule has 136 valence electrons. The average Bonchev–Trinajstić information content (AvgIpc) is 2.46. The molecule has 0 atom stereocenters. The van der Waals surface area contributed by atoms with Crippen LogP contribution in [0.25, 0.3) is 0 Å². The Morgan fingerprint density at radius 1 is 0.708 bits per heavy atom. The van der Waals surface area contributed by atoms with Crippen LogP contribution in [0, 0.1) is 0 Å². The molecule has 0 aromatic rings. The number of unbranched alkanes of at least 4 members (excludes halogenated alkanes) is 4. The van der Waals surface area contributed by atoms with Gasteiger partial charge in [-0.15, -0.1) is 0 Å². The van der Waals surface area contributed by atoms with Crippen molar-refractivity contribution in [2.24, 2.45) is 0 Å². The van der Waals surface area contributed by atoms with E-state index in [9.17, 15) is 14.4 Å². The van der Waals surface area contributed by atoms with E-state index in [2.05, 4.69) is 27.7 Å². The summed E-state index contributed by atoms with van der Waals surface area (Å²) < 4.78 is 17.2. The van der Waals surface area contributed by atoms with Crippen molar-refractivity contribution in [1.82, 2.24) is 0 Å². The van der Waals surface area contributed by atoms with Crippen LogP contribution >= 0.6 is 14.7 Å². The van der Waals surface area contributed by atoms with Crippen LogP contribution in [0.15, 0.2) is 0 Å². The quantitative estimate of drug-likeness (QED) is 0.263. The fourth-order valence-corrected chi connectivity index (χ4v) is 12.7. The first-order valence-electron chi connectivity index (χ1n) is 9.01. The van der Waals surface area contributed by atoms with Gasteiger partial charge < -0.3 is 0 Å². The third-order valence-electron chi connectivity index (χ3n) is 4.64. The third kappa shape index (κ3) is 12.1. The van der Waals surface area contributed by atoms with E-state index in [0.29, 0.717) is 0 Å². The Labute approximate surface area is 194 Å². The molecule has 0 aromatic carbocycles. The topological polar surface area (TPSA) is 72.4 Å². The van der Waals surface area contributed by atoms with Gasteiger partial charge in [-0.25, -0.2) is 0 Å². The molecule has 0 aliphatic heterocycles. The van der Waals surface area contributed by atoms with E-state index in [1.165, 1.54) is 0 Å². The fraction of sp³-hybridized carbons (Fsp3) is 1.00.